The Bertz CT molecular complexity index is 358. The summed E-state index contributed by atoms with van der Waals surface area (Å²) in [6.45, 7) is 7.08. The molecule has 1 saturated heterocycles. The molecule has 5 nitrogen and oxygen atoms in total. The quantitative estimate of drug-likeness (QED) is 0.779. The first-order chi connectivity index (χ1) is 8.15. The van der Waals surface area contributed by atoms with Gasteiger partial charge in [-0.15, -0.1) is 0 Å². The number of nitrogen functional groups attached to an aromatic ring is 1. The van der Waals surface area contributed by atoms with E-state index in [1.165, 1.54) is 0 Å². The van der Waals surface area contributed by atoms with Crippen molar-refractivity contribution in [3.8, 4) is 0 Å². The smallest absolute Gasteiger partial charge is 0.131 e. The number of piperazine rings is 1. The molecule has 1 aliphatic rings. The van der Waals surface area contributed by atoms with E-state index in [0.29, 0.717) is 5.82 Å². The molecule has 17 heavy (non-hydrogen) atoms. The Kier molecular flexibility index (Phi) is 3.81. The number of hydrogen-bond acceptors (Lipinski definition) is 5. The topological polar surface area (TPSA) is 71.4 Å². The molecule has 1 aliphatic heterocycles. The van der Waals surface area contributed by atoms with Crippen molar-refractivity contribution >= 4 is 11.6 Å². The van der Waals surface area contributed by atoms with E-state index in [0.717, 1.165) is 38.5 Å². The number of nitrogens with two attached hydrogens (primary N) is 2. The van der Waals surface area contributed by atoms with E-state index in [-0.39, 0.29) is 6.04 Å². The molecule has 0 unspecified atom stereocenters. The van der Waals surface area contributed by atoms with Crippen molar-refractivity contribution in [3.05, 3.63) is 18.2 Å². The number of pyridine rings is 1. The van der Waals surface area contributed by atoms with E-state index in [1.54, 1.807) is 0 Å². The molecule has 2 rings (SSSR count). The summed E-state index contributed by atoms with van der Waals surface area (Å²) < 4.78 is 0. The molecule has 0 bridgehead atoms. The van der Waals surface area contributed by atoms with Crippen molar-refractivity contribution in [2.24, 2.45) is 5.73 Å². The van der Waals surface area contributed by atoms with Crippen molar-refractivity contribution in [1.29, 1.82) is 0 Å². The first-order valence-corrected chi connectivity index (χ1v) is 6.10. The molecular weight excluding hydrogens is 214 g/mol. The lowest BCUT2D eigenvalue weighted by Crippen LogP contribution is -2.49. The minimum atomic E-state index is 0.243. The van der Waals surface area contributed by atoms with E-state index in [2.05, 4.69) is 14.8 Å². The molecule has 5 heteroatoms. The van der Waals surface area contributed by atoms with Crippen LogP contribution in [-0.4, -0.2) is 48.6 Å². The largest absolute Gasteiger partial charge is 0.384 e. The minimum Gasteiger partial charge on any atom is -0.384 e. The molecule has 0 aliphatic carbocycles. The third-order valence-electron chi connectivity index (χ3n) is 3.00. The molecule has 1 atom stereocenters. The lowest BCUT2D eigenvalue weighted by Gasteiger charge is -2.36. The van der Waals surface area contributed by atoms with Gasteiger partial charge < -0.3 is 16.4 Å². The second kappa shape index (κ2) is 5.33. The maximum Gasteiger partial charge on any atom is 0.131 e. The van der Waals surface area contributed by atoms with Gasteiger partial charge >= 0.3 is 0 Å². The highest BCUT2D eigenvalue weighted by Crippen LogP contribution is 2.14. The molecule has 0 radical (unpaired) electrons. The van der Waals surface area contributed by atoms with Crippen LogP contribution in [0.1, 0.15) is 6.92 Å². The average Bonchev–Trinajstić information content (AvgIpc) is 2.29. The molecule has 94 valence electrons. The fourth-order valence-corrected chi connectivity index (χ4v) is 2.18. The standard InChI is InChI=1S/C12H21N5/c1-10(13)9-16-5-7-17(8-6-16)12-4-2-3-11(14)15-12/h2-4,10H,5-9,13H2,1H3,(H2,14,15)/t10-/m1/s1. The first-order valence-electron chi connectivity index (χ1n) is 6.10. The van der Waals surface area contributed by atoms with Crippen molar-refractivity contribution in [3.63, 3.8) is 0 Å². The number of anilines is 2. The maximum absolute atomic E-state index is 5.80. The van der Waals surface area contributed by atoms with Crippen LogP contribution in [0.3, 0.4) is 0 Å². The highest BCUT2D eigenvalue weighted by molar-refractivity contribution is 5.45. The summed E-state index contributed by atoms with van der Waals surface area (Å²) in [4.78, 5) is 9.01. The lowest BCUT2D eigenvalue weighted by atomic mass is 10.2. The molecule has 2 heterocycles. The van der Waals surface area contributed by atoms with Gasteiger partial charge in [0, 0.05) is 38.8 Å². The van der Waals surface area contributed by atoms with Gasteiger partial charge in [0.15, 0.2) is 0 Å². The van der Waals surface area contributed by atoms with E-state index in [9.17, 15) is 0 Å². The monoisotopic (exact) mass is 235 g/mol. The fraction of sp³-hybridized carbons (Fsp3) is 0.583. The van der Waals surface area contributed by atoms with Crippen molar-refractivity contribution in [2.45, 2.75) is 13.0 Å². The van der Waals surface area contributed by atoms with Crippen molar-refractivity contribution < 1.29 is 0 Å². The zero-order valence-corrected chi connectivity index (χ0v) is 10.3. The van der Waals surface area contributed by atoms with E-state index in [4.69, 9.17) is 11.5 Å². The summed E-state index contributed by atoms with van der Waals surface area (Å²) in [6.07, 6.45) is 0. The number of aromatic nitrogens is 1. The average molecular weight is 235 g/mol. The Balaban J connectivity index is 1.91. The number of rotatable bonds is 3. The van der Waals surface area contributed by atoms with Gasteiger partial charge in [-0.25, -0.2) is 4.98 Å². The van der Waals surface area contributed by atoms with Crippen molar-refractivity contribution in [2.75, 3.05) is 43.4 Å². The Morgan fingerprint density at radius 2 is 2.00 bits per heavy atom. The third-order valence-corrected chi connectivity index (χ3v) is 3.00. The third kappa shape index (κ3) is 3.31. The molecule has 0 saturated carbocycles. The van der Waals surface area contributed by atoms with Gasteiger partial charge in [-0.3, -0.25) is 4.90 Å². The second-order valence-electron chi connectivity index (χ2n) is 4.69. The predicted octanol–water partition coefficient (Wildman–Crippen LogP) is 0.133. The van der Waals surface area contributed by atoms with Gasteiger partial charge in [0.1, 0.15) is 11.6 Å². The predicted molar refractivity (Wildman–Crippen MR) is 71.0 cm³/mol. The number of nitrogens with zero attached hydrogens (tertiary/aromatic N) is 3. The van der Waals surface area contributed by atoms with Crippen LogP contribution >= 0.6 is 0 Å². The van der Waals surface area contributed by atoms with Crippen molar-refractivity contribution in [1.82, 2.24) is 9.88 Å². The van der Waals surface area contributed by atoms with E-state index in [1.807, 2.05) is 25.1 Å². The van der Waals surface area contributed by atoms with Crippen LogP contribution in [0.5, 0.6) is 0 Å². The molecule has 0 spiro atoms. The molecule has 0 aromatic carbocycles. The van der Waals surface area contributed by atoms with E-state index >= 15 is 0 Å². The Morgan fingerprint density at radius 3 is 2.59 bits per heavy atom. The molecule has 4 N–H and O–H groups in total. The molecule has 1 aromatic rings. The molecule has 1 fully saturated rings. The SMILES string of the molecule is C[C@@H](N)CN1CCN(c2cccc(N)n2)CC1. The minimum absolute atomic E-state index is 0.243. The maximum atomic E-state index is 5.80. The fourth-order valence-electron chi connectivity index (χ4n) is 2.18. The Morgan fingerprint density at radius 1 is 1.29 bits per heavy atom. The molecular formula is C12H21N5. The summed E-state index contributed by atoms with van der Waals surface area (Å²) in [7, 11) is 0. The van der Waals surface area contributed by atoms with Crippen LogP contribution in [0.4, 0.5) is 11.6 Å². The van der Waals surface area contributed by atoms with Gasteiger partial charge in [0.25, 0.3) is 0 Å². The van der Waals surface area contributed by atoms with Crippen LogP contribution < -0.4 is 16.4 Å². The van der Waals surface area contributed by atoms with Gasteiger partial charge in [-0.1, -0.05) is 6.07 Å². The second-order valence-corrected chi connectivity index (χ2v) is 4.69. The van der Waals surface area contributed by atoms with Crippen LogP contribution in [0.15, 0.2) is 18.2 Å². The Labute approximate surface area is 102 Å². The van der Waals surface area contributed by atoms with Crippen LogP contribution in [0.2, 0.25) is 0 Å². The lowest BCUT2D eigenvalue weighted by molar-refractivity contribution is 0.246. The highest BCUT2D eigenvalue weighted by Gasteiger charge is 2.18. The zero-order chi connectivity index (χ0) is 12.3. The van der Waals surface area contributed by atoms with Crippen LogP contribution in [0.25, 0.3) is 0 Å². The number of hydrogen-bond donors (Lipinski definition) is 2. The first kappa shape index (κ1) is 12.1. The van der Waals surface area contributed by atoms with Gasteiger partial charge in [0.2, 0.25) is 0 Å². The summed E-state index contributed by atoms with van der Waals surface area (Å²) in [5, 5.41) is 0. The van der Waals surface area contributed by atoms with Gasteiger partial charge in [0.05, 0.1) is 0 Å². The summed E-state index contributed by atoms with van der Waals surface area (Å²) >= 11 is 0. The summed E-state index contributed by atoms with van der Waals surface area (Å²) in [5.74, 6) is 1.56. The molecule has 1 aromatic heterocycles. The normalized spacial score (nSPS) is 19.3. The van der Waals surface area contributed by atoms with Crippen LogP contribution in [-0.2, 0) is 0 Å². The van der Waals surface area contributed by atoms with Gasteiger partial charge in [-0.05, 0) is 19.1 Å². The summed E-state index contributed by atoms with van der Waals surface area (Å²) in [6, 6.07) is 6.02. The van der Waals surface area contributed by atoms with E-state index < -0.39 is 0 Å². The zero-order valence-electron chi connectivity index (χ0n) is 10.3. The molecule has 0 amide bonds. The Hall–Kier alpha value is -1.33. The summed E-state index contributed by atoms with van der Waals surface area (Å²) in [5.41, 5.74) is 11.5. The highest BCUT2D eigenvalue weighted by atomic mass is 15.3. The van der Waals surface area contributed by atoms with Gasteiger partial charge in [-0.2, -0.15) is 0 Å². The van der Waals surface area contributed by atoms with Crippen LogP contribution in [0, 0.1) is 0 Å².